The van der Waals surface area contributed by atoms with Crippen molar-refractivity contribution in [3.05, 3.63) is 0 Å². The van der Waals surface area contributed by atoms with Gasteiger partial charge < -0.3 is 10.8 Å². The summed E-state index contributed by atoms with van der Waals surface area (Å²) in [4.78, 5) is 9.97. The fraction of sp³-hybridized carbons (Fsp3) is 0.600. The lowest BCUT2D eigenvalue weighted by Crippen LogP contribution is -2.30. The first-order valence-electron chi connectivity index (χ1n) is 2.44. The Labute approximate surface area is 66.4 Å². The predicted octanol–water partition coefficient (Wildman–Crippen LogP) is -0.894. The van der Waals surface area contributed by atoms with E-state index in [9.17, 15) is 13.2 Å². The molecule has 0 saturated carbocycles. The van der Waals surface area contributed by atoms with Crippen molar-refractivity contribution < 1.29 is 18.3 Å². The van der Waals surface area contributed by atoms with E-state index in [4.69, 9.17) is 10.8 Å². The SMILES string of the molecule is C.NC(CC=S(=O)=O)C(=O)O. The summed E-state index contributed by atoms with van der Waals surface area (Å²) in [6, 6.07) is -1.13. The van der Waals surface area contributed by atoms with Crippen LogP contribution < -0.4 is 5.73 Å². The molecule has 11 heavy (non-hydrogen) atoms. The molecule has 1 unspecified atom stereocenters. The number of aliphatic carboxylic acids is 1. The molecular weight excluding hydrogens is 170 g/mol. The highest BCUT2D eigenvalue weighted by molar-refractivity contribution is 7.71. The first-order chi connectivity index (χ1) is 4.54. The van der Waals surface area contributed by atoms with Crippen molar-refractivity contribution in [2.45, 2.75) is 19.9 Å². The van der Waals surface area contributed by atoms with Gasteiger partial charge in [-0.2, -0.15) is 8.42 Å². The summed E-state index contributed by atoms with van der Waals surface area (Å²) < 4.78 is 19.6. The Morgan fingerprint density at radius 2 is 2.09 bits per heavy atom. The monoisotopic (exact) mass is 181 g/mol. The van der Waals surface area contributed by atoms with Crippen molar-refractivity contribution in [1.29, 1.82) is 0 Å². The highest BCUT2D eigenvalue weighted by atomic mass is 32.2. The second-order valence-electron chi connectivity index (χ2n) is 1.61. The highest BCUT2D eigenvalue weighted by Gasteiger charge is 2.08. The molecule has 66 valence electrons. The van der Waals surface area contributed by atoms with Crippen molar-refractivity contribution in [3.63, 3.8) is 0 Å². The number of nitrogens with two attached hydrogens (primary N) is 1. The molecule has 0 fully saturated rings. The lowest BCUT2D eigenvalue weighted by atomic mass is 10.2. The number of carboxylic acid groups (broad SMARTS) is 1. The molecule has 6 heteroatoms. The molecule has 0 amide bonds. The zero-order chi connectivity index (χ0) is 8.15. The quantitative estimate of drug-likeness (QED) is 0.550. The maximum Gasteiger partial charge on any atom is 0.320 e. The first-order valence-corrected chi connectivity index (χ1v) is 3.57. The molecule has 5 nitrogen and oxygen atoms in total. The summed E-state index contributed by atoms with van der Waals surface area (Å²) in [5.41, 5.74) is 4.96. The number of rotatable bonds is 3. The van der Waals surface area contributed by atoms with Gasteiger partial charge in [0.2, 0.25) is 10.3 Å². The van der Waals surface area contributed by atoms with Crippen LogP contribution in [-0.4, -0.2) is 30.9 Å². The van der Waals surface area contributed by atoms with E-state index in [1.807, 2.05) is 0 Å². The average molecular weight is 181 g/mol. The first kappa shape index (κ1) is 12.8. The standard InChI is InChI=1S/C4H7NO4S.CH4/c5-3(4(6)7)1-2-10(8)9;/h2-3H,1,5H2,(H,6,7);1H4. The molecule has 0 aliphatic carbocycles. The average Bonchev–Trinajstić information content (AvgIpc) is 1.82. The van der Waals surface area contributed by atoms with E-state index in [1.165, 1.54) is 0 Å². The van der Waals surface area contributed by atoms with E-state index in [2.05, 4.69) is 0 Å². The van der Waals surface area contributed by atoms with Gasteiger partial charge in [0.1, 0.15) is 6.04 Å². The zero-order valence-corrected chi connectivity index (χ0v) is 5.84. The van der Waals surface area contributed by atoms with Crippen molar-refractivity contribution in [2.75, 3.05) is 0 Å². The lowest BCUT2D eigenvalue weighted by molar-refractivity contribution is -0.138. The van der Waals surface area contributed by atoms with Crippen LogP contribution in [0.5, 0.6) is 0 Å². The molecule has 0 spiro atoms. The predicted molar refractivity (Wildman–Crippen MR) is 41.9 cm³/mol. The van der Waals surface area contributed by atoms with Crippen LogP contribution in [-0.2, 0) is 15.1 Å². The summed E-state index contributed by atoms with van der Waals surface area (Å²) in [6.07, 6.45) is -0.161. The number of carbonyl (C=O) groups is 1. The Kier molecular flexibility index (Phi) is 6.81. The van der Waals surface area contributed by atoms with Crippen LogP contribution in [0.1, 0.15) is 13.8 Å². The second-order valence-corrected chi connectivity index (χ2v) is 2.46. The molecule has 0 rings (SSSR count). The van der Waals surface area contributed by atoms with Crippen LogP contribution in [0.25, 0.3) is 0 Å². The van der Waals surface area contributed by atoms with Crippen LogP contribution in [0, 0.1) is 0 Å². The van der Waals surface area contributed by atoms with E-state index in [-0.39, 0.29) is 13.8 Å². The van der Waals surface area contributed by atoms with Crippen molar-refractivity contribution >= 4 is 21.6 Å². The molecule has 0 aliphatic heterocycles. The minimum atomic E-state index is -2.32. The fourth-order valence-electron chi connectivity index (χ4n) is 0.283. The Morgan fingerprint density at radius 1 is 1.64 bits per heavy atom. The van der Waals surface area contributed by atoms with Crippen molar-refractivity contribution in [1.82, 2.24) is 0 Å². The molecule has 0 aromatic carbocycles. The molecule has 1 atom stereocenters. The Balaban J connectivity index is 0. The highest BCUT2D eigenvalue weighted by Crippen LogP contribution is 1.81. The lowest BCUT2D eigenvalue weighted by Gasteiger charge is -1.97. The van der Waals surface area contributed by atoms with Gasteiger partial charge in [0.25, 0.3) is 0 Å². The van der Waals surface area contributed by atoms with Gasteiger partial charge in [-0.1, -0.05) is 7.43 Å². The summed E-state index contributed by atoms with van der Waals surface area (Å²) in [6.45, 7) is 0. The van der Waals surface area contributed by atoms with E-state index in [0.717, 1.165) is 5.37 Å². The van der Waals surface area contributed by atoms with E-state index in [1.54, 1.807) is 0 Å². The molecule has 0 aromatic heterocycles. The fourth-order valence-corrected chi connectivity index (χ4v) is 0.648. The van der Waals surface area contributed by atoms with Crippen LogP contribution in [0.15, 0.2) is 0 Å². The third-order valence-corrected chi connectivity index (χ3v) is 1.27. The summed E-state index contributed by atoms with van der Waals surface area (Å²) in [5, 5.41) is 8.97. The van der Waals surface area contributed by atoms with Crippen LogP contribution >= 0.6 is 0 Å². The van der Waals surface area contributed by atoms with Gasteiger partial charge >= 0.3 is 5.97 Å². The third kappa shape index (κ3) is 7.01. The third-order valence-electron chi connectivity index (χ3n) is 0.803. The second kappa shape index (κ2) is 5.87. The molecule has 0 aromatic rings. The Morgan fingerprint density at radius 3 is 2.36 bits per heavy atom. The minimum Gasteiger partial charge on any atom is -0.480 e. The van der Waals surface area contributed by atoms with Gasteiger partial charge in [0, 0.05) is 11.8 Å². The van der Waals surface area contributed by atoms with Crippen LogP contribution in [0.2, 0.25) is 0 Å². The van der Waals surface area contributed by atoms with Crippen molar-refractivity contribution in [3.8, 4) is 0 Å². The molecule has 0 radical (unpaired) electrons. The summed E-state index contributed by atoms with van der Waals surface area (Å²) in [5.74, 6) is -1.21. The molecule has 0 saturated heterocycles. The van der Waals surface area contributed by atoms with Gasteiger partial charge in [-0.3, -0.25) is 4.79 Å². The number of carboxylic acids is 1. The normalized spacial score (nSPS) is 11.0. The van der Waals surface area contributed by atoms with Gasteiger partial charge in [0.15, 0.2) is 0 Å². The topological polar surface area (TPSA) is 97.5 Å². The minimum absolute atomic E-state index is 0. The zero-order valence-electron chi connectivity index (χ0n) is 5.02. The maximum absolute atomic E-state index is 9.97. The molecule has 0 bridgehead atoms. The van der Waals surface area contributed by atoms with E-state index < -0.39 is 22.3 Å². The van der Waals surface area contributed by atoms with Gasteiger partial charge in [-0.05, 0) is 0 Å². The van der Waals surface area contributed by atoms with Crippen LogP contribution in [0.4, 0.5) is 0 Å². The molecule has 0 heterocycles. The largest absolute Gasteiger partial charge is 0.480 e. The van der Waals surface area contributed by atoms with E-state index >= 15 is 0 Å². The smallest absolute Gasteiger partial charge is 0.320 e. The molecular formula is C5H11NO4S. The van der Waals surface area contributed by atoms with Crippen molar-refractivity contribution in [2.24, 2.45) is 5.73 Å². The Hall–Kier alpha value is -0.880. The number of hydrogen-bond acceptors (Lipinski definition) is 4. The summed E-state index contributed by atoms with van der Waals surface area (Å²) >= 11 is 0. The van der Waals surface area contributed by atoms with Gasteiger partial charge in [0.05, 0.1) is 0 Å². The Bertz CT molecular complexity index is 235. The maximum atomic E-state index is 9.97. The van der Waals surface area contributed by atoms with Gasteiger partial charge in [-0.25, -0.2) is 0 Å². The van der Waals surface area contributed by atoms with Gasteiger partial charge in [-0.15, -0.1) is 0 Å². The molecule has 0 aliphatic rings. The van der Waals surface area contributed by atoms with E-state index in [0.29, 0.717) is 0 Å². The molecule has 3 N–H and O–H groups in total. The summed E-state index contributed by atoms with van der Waals surface area (Å²) in [7, 11) is -2.32. The van der Waals surface area contributed by atoms with Crippen LogP contribution in [0.3, 0.4) is 0 Å². The number of hydrogen-bond donors (Lipinski definition) is 2.